The molecule has 51 heavy (non-hydrogen) atoms. The number of hydrogen-bond acceptors (Lipinski definition) is 3. The van der Waals surface area contributed by atoms with E-state index in [-0.39, 0.29) is 11.8 Å². The van der Waals surface area contributed by atoms with E-state index in [4.69, 9.17) is 8.83 Å². The molecule has 0 bridgehead atoms. The van der Waals surface area contributed by atoms with Gasteiger partial charge in [0.2, 0.25) is 0 Å². The molecule has 3 aliphatic rings. The van der Waals surface area contributed by atoms with E-state index in [0.29, 0.717) is 0 Å². The van der Waals surface area contributed by atoms with Gasteiger partial charge in [-0.2, -0.15) is 0 Å². The highest BCUT2D eigenvalue weighted by Gasteiger charge is 2.63. The lowest BCUT2D eigenvalue weighted by atomic mass is 9.51. The first-order valence-corrected chi connectivity index (χ1v) is 18.2. The van der Waals surface area contributed by atoms with Gasteiger partial charge in [0.25, 0.3) is 0 Å². The summed E-state index contributed by atoms with van der Waals surface area (Å²) in [5.41, 5.74) is 12.2. The van der Waals surface area contributed by atoms with Crippen molar-refractivity contribution in [3.8, 4) is 11.1 Å². The molecule has 3 heterocycles. The maximum atomic E-state index is 7.18. The van der Waals surface area contributed by atoms with Gasteiger partial charge >= 0.3 is 0 Å². The van der Waals surface area contributed by atoms with Crippen molar-refractivity contribution in [1.29, 1.82) is 0 Å². The summed E-state index contributed by atoms with van der Waals surface area (Å²) in [6.07, 6.45) is 0. The summed E-state index contributed by atoms with van der Waals surface area (Å²) in [4.78, 5) is 2.59. The second-order valence-electron chi connectivity index (χ2n) is 15.1. The minimum absolute atomic E-state index is 0.0631. The van der Waals surface area contributed by atoms with Crippen LogP contribution in [0.4, 0.5) is 11.4 Å². The summed E-state index contributed by atoms with van der Waals surface area (Å²) in [6.45, 7) is 9.65. The highest BCUT2D eigenvalue weighted by atomic mass is 16.3. The Morgan fingerprint density at radius 1 is 0.608 bits per heavy atom. The van der Waals surface area contributed by atoms with Gasteiger partial charge < -0.3 is 13.7 Å². The molecule has 0 amide bonds. The Kier molecular flexibility index (Phi) is 5.64. The molecule has 0 saturated carbocycles. The minimum Gasteiger partial charge on any atom is -0.459 e. The van der Waals surface area contributed by atoms with Crippen molar-refractivity contribution in [3.63, 3.8) is 0 Å². The van der Waals surface area contributed by atoms with Crippen LogP contribution in [0.15, 0.2) is 160 Å². The molecule has 0 radical (unpaired) electrons. The summed E-state index contributed by atoms with van der Waals surface area (Å²) in [6, 6.07) is 50.6. The predicted octanol–water partition coefficient (Wildman–Crippen LogP) is 12.9. The van der Waals surface area contributed by atoms with Crippen LogP contribution in [0.5, 0.6) is 0 Å². The number of hydrogen-bond donors (Lipinski definition) is 0. The number of anilines is 2. The lowest BCUT2D eigenvalue weighted by Gasteiger charge is -2.59. The number of fused-ring (bicyclic) bond motifs is 12. The van der Waals surface area contributed by atoms with Crippen LogP contribution in [0.25, 0.3) is 43.8 Å². The van der Waals surface area contributed by atoms with Gasteiger partial charge in [0, 0.05) is 55.9 Å². The highest BCUT2D eigenvalue weighted by Crippen LogP contribution is 2.70. The van der Waals surface area contributed by atoms with Gasteiger partial charge in [-0.15, -0.1) is 0 Å². The third-order valence-corrected chi connectivity index (χ3v) is 12.6. The Bertz CT molecular complexity index is 2780. The molecule has 246 valence electrons. The van der Waals surface area contributed by atoms with Gasteiger partial charge in [0.1, 0.15) is 28.2 Å². The number of furan rings is 2. The van der Waals surface area contributed by atoms with Crippen LogP contribution in [-0.2, 0) is 11.0 Å². The van der Waals surface area contributed by atoms with E-state index in [1.54, 1.807) is 0 Å². The predicted molar refractivity (Wildman–Crippen MR) is 208 cm³/mol. The van der Waals surface area contributed by atoms with E-state index in [1.807, 2.05) is 0 Å². The Morgan fingerprint density at radius 3 is 2.20 bits per heavy atom. The maximum Gasteiger partial charge on any atom is 0.142 e. The topological polar surface area (TPSA) is 29.5 Å². The van der Waals surface area contributed by atoms with Crippen LogP contribution >= 0.6 is 0 Å². The van der Waals surface area contributed by atoms with Gasteiger partial charge in [-0.1, -0.05) is 129 Å². The Morgan fingerprint density at radius 2 is 1.33 bits per heavy atom. The zero-order valence-electron chi connectivity index (χ0n) is 29.2. The third-order valence-electron chi connectivity index (χ3n) is 12.6. The second-order valence-corrected chi connectivity index (χ2v) is 15.1. The molecule has 2 aromatic heterocycles. The van der Waals surface area contributed by atoms with Crippen molar-refractivity contribution in [2.45, 2.75) is 50.5 Å². The van der Waals surface area contributed by atoms with E-state index in [1.165, 1.54) is 60.8 Å². The van der Waals surface area contributed by atoms with E-state index in [0.717, 1.165) is 33.8 Å². The largest absolute Gasteiger partial charge is 0.459 e. The molecule has 2 aliphatic carbocycles. The molecule has 3 nitrogen and oxygen atoms in total. The highest BCUT2D eigenvalue weighted by molar-refractivity contribution is 6.07. The monoisotopic (exact) mass is 659 g/mol. The van der Waals surface area contributed by atoms with Gasteiger partial charge in [-0.25, -0.2) is 0 Å². The van der Waals surface area contributed by atoms with Crippen molar-refractivity contribution in [2.24, 2.45) is 0 Å². The Hall–Kier alpha value is -5.80. The number of allylic oxidation sites excluding steroid dienone is 1. The van der Waals surface area contributed by atoms with Crippen LogP contribution in [0.1, 0.15) is 67.7 Å². The number of nitrogens with zero attached hydrogens (tertiary/aromatic N) is 1. The van der Waals surface area contributed by atoms with Gasteiger partial charge in [-0.3, -0.25) is 0 Å². The van der Waals surface area contributed by atoms with Crippen molar-refractivity contribution < 1.29 is 8.83 Å². The van der Waals surface area contributed by atoms with E-state index in [9.17, 15) is 0 Å². The molecule has 6 aromatic carbocycles. The summed E-state index contributed by atoms with van der Waals surface area (Å²) < 4.78 is 14.4. The average Bonchev–Trinajstić information content (AvgIpc) is 3.77. The molecule has 8 aromatic rings. The van der Waals surface area contributed by atoms with Crippen molar-refractivity contribution in [1.82, 2.24) is 0 Å². The van der Waals surface area contributed by atoms with E-state index in [2.05, 4.69) is 172 Å². The number of para-hydroxylation sites is 2. The first-order valence-electron chi connectivity index (χ1n) is 18.2. The van der Waals surface area contributed by atoms with Gasteiger partial charge in [-0.05, 0) is 71.3 Å². The Labute approximate surface area is 297 Å². The van der Waals surface area contributed by atoms with Crippen molar-refractivity contribution >= 4 is 44.1 Å². The number of rotatable bonds is 2. The molecule has 3 heteroatoms. The van der Waals surface area contributed by atoms with Crippen LogP contribution in [0, 0.1) is 0 Å². The van der Waals surface area contributed by atoms with Crippen molar-refractivity contribution in [2.75, 3.05) is 4.90 Å². The SMILES string of the molecule is CC1C2=C3C(C)(c4ccccc4N(c4cccc(-c5ccccc5)c4)C3(C)c3oc4ccccc4c3C2C)c2c1oc1c2ccc2ccccc21. The summed E-state index contributed by atoms with van der Waals surface area (Å²) >= 11 is 0. The molecule has 4 atom stereocenters. The first kappa shape index (κ1) is 29.0. The van der Waals surface area contributed by atoms with Crippen LogP contribution in [0.3, 0.4) is 0 Å². The van der Waals surface area contributed by atoms with Gasteiger partial charge in [0.15, 0.2) is 0 Å². The number of benzene rings is 6. The smallest absolute Gasteiger partial charge is 0.142 e. The van der Waals surface area contributed by atoms with E-state index >= 15 is 0 Å². The van der Waals surface area contributed by atoms with Crippen LogP contribution in [-0.4, -0.2) is 0 Å². The molecule has 4 unspecified atom stereocenters. The minimum atomic E-state index is -0.652. The normalized spacial score (nSPS) is 23.3. The molecule has 0 saturated heterocycles. The fourth-order valence-electron chi connectivity index (χ4n) is 10.6. The van der Waals surface area contributed by atoms with Gasteiger partial charge in [0.05, 0.1) is 0 Å². The summed E-state index contributed by atoms with van der Waals surface area (Å²) in [5.74, 6) is 2.31. The molecular weight excluding hydrogens is 623 g/mol. The molecule has 0 fully saturated rings. The van der Waals surface area contributed by atoms with Crippen molar-refractivity contribution in [3.05, 3.63) is 179 Å². The van der Waals surface area contributed by atoms with E-state index < -0.39 is 11.0 Å². The fraction of sp³-hybridized carbons (Fsp3) is 0.167. The lowest BCUT2D eigenvalue weighted by molar-refractivity contribution is 0.335. The lowest BCUT2D eigenvalue weighted by Crippen LogP contribution is -2.57. The molecular formula is C48H37NO2. The molecule has 0 spiro atoms. The first-order chi connectivity index (χ1) is 24.9. The second kappa shape index (κ2) is 9.92. The zero-order valence-corrected chi connectivity index (χ0v) is 29.2. The fourth-order valence-corrected chi connectivity index (χ4v) is 10.6. The Balaban J connectivity index is 1.30. The zero-order chi connectivity index (χ0) is 34.2. The molecule has 0 N–H and O–H groups in total. The summed E-state index contributed by atoms with van der Waals surface area (Å²) in [7, 11) is 0. The van der Waals surface area contributed by atoms with Crippen LogP contribution in [0.2, 0.25) is 0 Å². The third kappa shape index (κ3) is 3.49. The molecule has 1 aliphatic heterocycles. The standard InChI is InChI=1S/C48H37NO2/c1-28-40-29(2)43-42(36-26-25-31-17-8-9-20-34(31)44(36)51-43)47(3)37-22-11-12-23-38(37)49(33-19-14-18-32(27-33)30-15-6-5-7-16-30)48(4,45(40)47)46-41(28)35-21-10-13-24-39(35)50-46/h5-29H,1-4H3. The molecule has 11 rings (SSSR count). The quantitative estimate of drug-likeness (QED) is 0.173. The maximum absolute atomic E-state index is 7.18. The average molecular weight is 660 g/mol. The van der Waals surface area contributed by atoms with Crippen LogP contribution < -0.4 is 4.90 Å². The summed E-state index contributed by atoms with van der Waals surface area (Å²) in [5, 5.41) is 4.75.